The summed E-state index contributed by atoms with van der Waals surface area (Å²) in [6, 6.07) is 6.77. The van der Waals surface area contributed by atoms with Crippen LogP contribution >= 0.6 is 33.6 Å². The van der Waals surface area contributed by atoms with Crippen LogP contribution in [-0.4, -0.2) is 8.42 Å². The minimum absolute atomic E-state index is 0.127. The van der Waals surface area contributed by atoms with Gasteiger partial charge in [-0.15, -0.1) is 11.3 Å². The van der Waals surface area contributed by atoms with Crippen LogP contribution in [0.15, 0.2) is 28.5 Å². The molecule has 6 heteroatoms. The van der Waals surface area contributed by atoms with Crippen LogP contribution in [0.4, 0.5) is 0 Å². The maximum absolute atomic E-state index is 11.0. The third kappa shape index (κ3) is 1.75. The molecule has 0 saturated carbocycles. The Kier molecular flexibility index (Phi) is 2.47. The normalized spacial score (nSPS) is 12.1. The van der Waals surface area contributed by atoms with Crippen molar-refractivity contribution >= 4 is 52.8 Å². The molecule has 1 aromatic carbocycles. The third-order valence-electron chi connectivity index (χ3n) is 1.73. The molecule has 0 N–H and O–H groups in total. The minimum Gasteiger partial charge on any atom is -0.206 e. The van der Waals surface area contributed by atoms with Gasteiger partial charge in [0, 0.05) is 25.8 Å². The van der Waals surface area contributed by atoms with E-state index in [4.69, 9.17) is 22.3 Å². The molecule has 0 aliphatic rings. The highest BCUT2D eigenvalue weighted by Gasteiger charge is 2.14. The van der Waals surface area contributed by atoms with Crippen LogP contribution in [0.1, 0.15) is 0 Å². The SMILES string of the molecule is O=S(=O)(Cl)c1cc2c(Cl)cccc2s1. The lowest BCUT2D eigenvalue weighted by Gasteiger charge is -1.89. The predicted octanol–water partition coefficient (Wildman–Crippen LogP) is 3.48. The zero-order chi connectivity index (χ0) is 10.3. The van der Waals surface area contributed by atoms with E-state index in [-0.39, 0.29) is 4.21 Å². The molecule has 2 nitrogen and oxygen atoms in total. The quantitative estimate of drug-likeness (QED) is 0.741. The Balaban J connectivity index is 2.81. The first-order valence-corrected chi connectivity index (χ1v) is 7.11. The Morgan fingerprint density at radius 2 is 2.00 bits per heavy atom. The lowest BCUT2D eigenvalue weighted by Crippen LogP contribution is -1.83. The Hall–Kier alpha value is -0.290. The summed E-state index contributed by atoms with van der Waals surface area (Å²) >= 11 is 7.00. The van der Waals surface area contributed by atoms with Crippen molar-refractivity contribution in [1.29, 1.82) is 0 Å². The smallest absolute Gasteiger partial charge is 0.206 e. The molecule has 74 valence electrons. The molecule has 0 unspecified atom stereocenters. The van der Waals surface area contributed by atoms with Crippen molar-refractivity contribution in [1.82, 2.24) is 0 Å². The second-order valence-corrected chi connectivity index (χ2v) is 6.94. The van der Waals surface area contributed by atoms with E-state index in [1.54, 1.807) is 18.2 Å². The first-order valence-electron chi connectivity index (χ1n) is 3.61. The van der Waals surface area contributed by atoms with Crippen LogP contribution < -0.4 is 0 Å². The number of rotatable bonds is 1. The Morgan fingerprint density at radius 1 is 1.29 bits per heavy atom. The highest BCUT2D eigenvalue weighted by molar-refractivity contribution is 8.15. The molecule has 0 radical (unpaired) electrons. The zero-order valence-electron chi connectivity index (χ0n) is 6.70. The largest absolute Gasteiger partial charge is 0.270 e. The second kappa shape index (κ2) is 3.38. The monoisotopic (exact) mass is 266 g/mol. The Morgan fingerprint density at radius 3 is 2.57 bits per heavy atom. The summed E-state index contributed by atoms with van der Waals surface area (Å²) in [4.78, 5) is 0. The van der Waals surface area contributed by atoms with Gasteiger partial charge >= 0.3 is 0 Å². The lowest BCUT2D eigenvalue weighted by atomic mass is 10.3. The van der Waals surface area contributed by atoms with Crippen LogP contribution in [0.5, 0.6) is 0 Å². The van der Waals surface area contributed by atoms with Crippen LogP contribution in [0, 0.1) is 0 Å². The number of hydrogen-bond donors (Lipinski definition) is 0. The first-order chi connectivity index (χ1) is 6.48. The average Bonchev–Trinajstić information content (AvgIpc) is 2.48. The molecule has 14 heavy (non-hydrogen) atoms. The standard InChI is InChI=1S/C8H4Cl2O2S2/c9-6-2-1-3-7-5(6)4-8(13-7)14(10,11)12/h1-4H. The molecule has 1 heterocycles. The fourth-order valence-electron chi connectivity index (χ4n) is 1.12. The van der Waals surface area contributed by atoms with Crippen molar-refractivity contribution in [2.45, 2.75) is 4.21 Å². The fraction of sp³-hybridized carbons (Fsp3) is 0. The molecule has 0 amide bonds. The van der Waals surface area contributed by atoms with Gasteiger partial charge in [-0.25, -0.2) is 8.42 Å². The van der Waals surface area contributed by atoms with Gasteiger partial charge in [-0.05, 0) is 18.2 Å². The van der Waals surface area contributed by atoms with Crippen molar-refractivity contribution in [3.8, 4) is 0 Å². The molecule has 0 saturated heterocycles. The Labute approximate surface area is 94.5 Å². The van der Waals surface area contributed by atoms with Crippen LogP contribution in [0.25, 0.3) is 10.1 Å². The molecule has 0 fully saturated rings. The van der Waals surface area contributed by atoms with Crippen LogP contribution in [-0.2, 0) is 9.05 Å². The highest BCUT2D eigenvalue weighted by atomic mass is 35.7. The van der Waals surface area contributed by atoms with Crippen molar-refractivity contribution < 1.29 is 8.42 Å². The summed E-state index contributed by atoms with van der Waals surface area (Å²) in [5.41, 5.74) is 0. The molecule has 0 aliphatic heterocycles. The number of hydrogen-bond acceptors (Lipinski definition) is 3. The summed E-state index contributed by atoms with van der Waals surface area (Å²) in [5.74, 6) is 0. The van der Waals surface area contributed by atoms with E-state index in [1.165, 1.54) is 6.07 Å². The van der Waals surface area contributed by atoms with Crippen LogP contribution in [0.3, 0.4) is 0 Å². The third-order valence-corrected chi connectivity index (χ3v) is 5.23. The molecule has 0 bridgehead atoms. The van der Waals surface area contributed by atoms with E-state index in [2.05, 4.69) is 0 Å². The lowest BCUT2D eigenvalue weighted by molar-refractivity contribution is 0.611. The van der Waals surface area contributed by atoms with Crippen molar-refractivity contribution in [2.24, 2.45) is 0 Å². The van der Waals surface area contributed by atoms with Gasteiger partial charge in [0.15, 0.2) is 0 Å². The van der Waals surface area contributed by atoms with E-state index in [1.807, 2.05) is 0 Å². The summed E-state index contributed by atoms with van der Waals surface area (Å²) in [7, 11) is 1.57. The Bertz CT molecular complexity index is 586. The van der Waals surface area contributed by atoms with Crippen molar-refractivity contribution in [3.05, 3.63) is 29.3 Å². The first kappa shape index (κ1) is 10.2. The second-order valence-electron chi connectivity index (χ2n) is 2.65. The zero-order valence-corrected chi connectivity index (χ0v) is 9.84. The van der Waals surface area contributed by atoms with E-state index in [0.29, 0.717) is 5.02 Å². The molecule has 0 spiro atoms. The fourth-order valence-corrected chi connectivity index (χ4v) is 3.57. The number of fused-ring (bicyclic) bond motifs is 1. The summed E-state index contributed by atoms with van der Waals surface area (Å²) < 4.78 is 23.0. The highest BCUT2D eigenvalue weighted by Crippen LogP contribution is 2.34. The molecular weight excluding hydrogens is 263 g/mol. The van der Waals surface area contributed by atoms with Crippen LogP contribution in [0.2, 0.25) is 5.02 Å². The van der Waals surface area contributed by atoms with E-state index in [9.17, 15) is 8.42 Å². The van der Waals surface area contributed by atoms with E-state index in [0.717, 1.165) is 21.4 Å². The van der Waals surface area contributed by atoms with Gasteiger partial charge in [-0.3, -0.25) is 0 Å². The molecular formula is C8H4Cl2O2S2. The molecule has 2 aromatic rings. The maximum Gasteiger partial charge on any atom is 0.270 e. The summed E-state index contributed by atoms with van der Waals surface area (Å²) in [6.45, 7) is 0. The van der Waals surface area contributed by atoms with Gasteiger partial charge in [0.1, 0.15) is 4.21 Å². The van der Waals surface area contributed by atoms with Gasteiger partial charge in [0.25, 0.3) is 9.05 Å². The predicted molar refractivity (Wildman–Crippen MR) is 59.9 cm³/mol. The minimum atomic E-state index is -3.65. The molecule has 0 aliphatic carbocycles. The number of halogens is 2. The van der Waals surface area contributed by atoms with Crippen molar-refractivity contribution in [2.75, 3.05) is 0 Å². The summed E-state index contributed by atoms with van der Waals surface area (Å²) in [5, 5.41) is 1.25. The molecule has 1 aromatic heterocycles. The van der Waals surface area contributed by atoms with Gasteiger partial charge in [0.2, 0.25) is 0 Å². The van der Waals surface area contributed by atoms with Gasteiger partial charge < -0.3 is 0 Å². The van der Waals surface area contributed by atoms with Crippen molar-refractivity contribution in [3.63, 3.8) is 0 Å². The number of thiophene rings is 1. The molecule has 0 atom stereocenters. The summed E-state index contributed by atoms with van der Waals surface area (Å²) in [6.07, 6.45) is 0. The van der Waals surface area contributed by atoms with E-state index >= 15 is 0 Å². The van der Waals surface area contributed by atoms with Gasteiger partial charge in [-0.1, -0.05) is 17.7 Å². The van der Waals surface area contributed by atoms with Gasteiger partial charge in [-0.2, -0.15) is 0 Å². The topological polar surface area (TPSA) is 34.1 Å². The van der Waals surface area contributed by atoms with Gasteiger partial charge in [0.05, 0.1) is 0 Å². The molecule has 2 rings (SSSR count). The average molecular weight is 267 g/mol. The number of benzene rings is 1. The maximum atomic E-state index is 11.0. The van der Waals surface area contributed by atoms with E-state index < -0.39 is 9.05 Å².